The molecule has 0 saturated carbocycles. The van der Waals surface area contributed by atoms with Gasteiger partial charge in [-0.1, -0.05) is 53.7 Å². The highest BCUT2D eigenvalue weighted by Gasteiger charge is 2.14. The Hall–Kier alpha value is -2.87. The van der Waals surface area contributed by atoms with Crippen LogP contribution in [0.3, 0.4) is 0 Å². The van der Waals surface area contributed by atoms with Crippen LogP contribution in [0.25, 0.3) is 10.2 Å². The normalized spacial score (nSPS) is 10.8. The molecule has 31 heavy (non-hydrogen) atoms. The highest BCUT2D eigenvalue weighted by atomic mass is 35.5. The van der Waals surface area contributed by atoms with Crippen molar-refractivity contribution in [1.29, 1.82) is 0 Å². The number of carbonyl (C=O) groups excluding carboxylic acids is 2. The first-order valence-electron chi connectivity index (χ1n) is 9.42. The molecule has 0 radical (unpaired) electrons. The molecule has 5 nitrogen and oxygen atoms in total. The number of anilines is 2. The lowest BCUT2D eigenvalue weighted by Gasteiger charge is -2.16. The lowest BCUT2D eigenvalue weighted by atomic mass is 10.2. The SMILES string of the molecule is CN(C(=O)CSc1nc2ccc(NC(=O)c3ccccc3Cl)cc2s1)c1ccccc1. The maximum Gasteiger partial charge on any atom is 0.257 e. The molecule has 0 unspecified atom stereocenters. The number of fused-ring (bicyclic) bond motifs is 1. The number of halogens is 1. The number of nitrogens with one attached hydrogen (secondary N) is 1. The van der Waals surface area contributed by atoms with Crippen LogP contribution in [-0.4, -0.2) is 29.6 Å². The van der Waals surface area contributed by atoms with Crippen molar-refractivity contribution in [2.24, 2.45) is 0 Å². The van der Waals surface area contributed by atoms with Crippen LogP contribution in [0.2, 0.25) is 5.02 Å². The fraction of sp³-hybridized carbons (Fsp3) is 0.0870. The van der Waals surface area contributed by atoms with Crippen LogP contribution in [0, 0.1) is 0 Å². The van der Waals surface area contributed by atoms with Gasteiger partial charge < -0.3 is 10.2 Å². The van der Waals surface area contributed by atoms with Crippen LogP contribution in [0.15, 0.2) is 77.1 Å². The number of aromatic nitrogens is 1. The van der Waals surface area contributed by atoms with Gasteiger partial charge in [-0.3, -0.25) is 9.59 Å². The molecular formula is C23H18ClN3O2S2. The number of nitrogens with zero attached hydrogens (tertiary/aromatic N) is 2. The standard InChI is InChI=1S/C23H18ClN3O2S2/c1-27(16-7-3-2-4-8-16)21(28)14-30-23-26-19-12-11-15(13-20(19)31-23)25-22(29)17-9-5-6-10-18(17)24/h2-13H,14H2,1H3,(H,25,29). The highest BCUT2D eigenvalue weighted by molar-refractivity contribution is 8.01. The van der Waals surface area contributed by atoms with E-state index in [1.54, 1.807) is 42.3 Å². The minimum absolute atomic E-state index is 0.00292. The summed E-state index contributed by atoms with van der Waals surface area (Å²) in [5.74, 6) is 0.0307. The van der Waals surface area contributed by atoms with E-state index in [1.165, 1.54) is 23.1 Å². The third kappa shape index (κ3) is 5.07. The van der Waals surface area contributed by atoms with Gasteiger partial charge in [0, 0.05) is 18.4 Å². The first kappa shape index (κ1) is 21.4. The maximum atomic E-state index is 12.5. The average molecular weight is 468 g/mol. The van der Waals surface area contributed by atoms with E-state index in [-0.39, 0.29) is 11.8 Å². The molecule has 0 aliphatic heterocycles. The quantitative estimate of drug-likeness (QED) is 0.355. The van der Waals surface area contributed by atoms with Crippen molar-refractivity contribution >= 4 is 68.1 Å². The number of rotatable bonds is 6. The first-order valence-corrected chi connectivity index (χ1v) is 11.6. The third-order valence-corrected chi connectivity index (χ3v) is 7.06. The molecule has 1 aromatic heterocycles. The second kappa shape index (κ2) is 9.51. The Bertz CT molecular complexity index is 1240. The number of hydrogen-bond acceptors (Lipinski definition) is 5. The van der Waals surface area contributed by atoms with Crippen molar-refractivity contribution in [3.63, 3.8) is 0 Å². The molecule has 2 amide bonds. The number of thiazole rings is 1. The van der Waals surface area contributed by atoms with Gasteiger partial charge in [0.25, 0.3) is 5.91 Å². The van der Waals surface area contributed by atoms with Gasteiger partial charge >= 0.3 is 0 Å². The number of hydrogen-bond donors (Lipinski definition) is 1. The Morgan fingerprint density at radius 1 is 1.06 bits per heavy atom. The third-order valence-electron chi connectivity index (χ3n) is 4.58. The van der Waals surface area contributed by atoms with Gasteiger partial charge in [0.2, 0.25) is 5.91 Å². The van der Waals surface area contributed by atoms with Crippen molar-refractivity contribution in [3.05, 3.63) is 83.4 Å². The van der Waals surface area contributed by atoms with Gasteiger partial charge in [-0.2, -0.15) is 0 Å². The largest absolute Gasteiger partial charge is 0.322 e. The van der Waals surface area contributed by atoms with Gasteiger partial charge in [0.15, 0.2) is 4.34 Å². The summed E-state index contributed by atoms with van der Waals surface area (Å²) < 4.78 is 1.74. The molecule has 0 aliphatic rings. The molecule has 8 heteroatoms. The van der Waals surface area contributed by atoms with Crippen LogP contribution in [-0.2, 0) is 4.79 Å². The summed E-state index contributed by atoms with van der Waals surface area (Å²) in [7, 11) is 1.77. The molecule has 4 aromatic rings. The molecular weight excluding hydrogens is 450 g/mol. The lowest BCUT2D eigenvalue weighted by molar-refractivity contribution is -0.115. The zero-order valence-electron chi connectivity index (χ0n) is 16.5. The van der Waals surface area contributed by atoms with E-state index >= 15 is 0 Å². The molecule has 0 spiro atoms. The molecule has 0 atom stereocenters. The van der Waals surface area contributed by atoms with Gasteiger partial charge in [-0.05, 0) is 42.5 Å². The summed E-state index contributed by atoms with van der Waals surface area (Å²) in [5, 5.41) is 3.28. The number of benzene rings is 3. The lowest BCUT2D eigenvalue weighted by Crippen LogP contribution is -2.27. The molecule has 4 rings (SSSR count). The van der Waals surface area contributed by atoms with E-state index in [4.69, 9.17) is 11.6 Å². The van der Waals surface area contributed by atoms with E-state index in [1.807, 2.05) is 42.5 Å². The zero-order chi connectivity index (χ0) is 21.8. The van der Waals surface area contributed by atoms with Crippen LogP contribution in [0.4, 0.5) is 11.4 Å². The molecule has 1 heterocycles. The Kier molecular flexibility index (Phi) is 6.56. The number of thioether (sulfide) groups is 1. The second-order valence-electron chi connectivity index (χ2n) is 6.67. The van der Waals surface area contributed by atoms with E-state index in [0.717, 1.165) is 20.2 Å². The van der Waals surface area contributed by atoms with Crippen LogP contribution in [0.5, 0.6) is 0 Å². The minimum atomic E-state index is -0.265. The second-order valence-corrected chi connectivity index (χ2v) is 9.33. The van der Waals surface area contributed by atoms with Gasteiger partial charge in [-0.15, -0.1) is 11.3 Å². The number of amides is 2. The van der Waals surface area contributed by atoms with Crippen LogP contribution < -0.4 is 10.2 Å². The average Bonchev–Trinajstić information content (AvgIpc) is 3.20. The van der Waals surface area contributed by atoms with Crippen LogP contribution >= 0.6 is 34.7 Å². The summed E-state index contributed by atoms with van der Waals surface area (Å²) in [6.07, 6.45) is 0. The topological polar surface area (TPSA) is 62.3 Å². The summed E-state index contributed by atoms with van der Waals surface area (Å²) >= 11 is 9.00. The van der Waals surface area contributed by atoms with Crippen molar-refractivity contribution in [2.45, 2.75) is 4.34 Å². The smallest absolute Gasteiger partial charge is 0.257 e. The predicted molar refractivity (Wildman–Crippen MR) is 130 cm³/mol. The van der Waals surface area contributed by atoms with E-state index < -0.39 is 0 Å². The molecule has 3 aromatic carbocycles. The molecule has 0 aliphatic carbocycles. The van der Waals surface area contributed by atoms with Crippen molar-refractivity contribution in [2.75, 3.05) is 23.0 Å². The summed E-state index contributed by atoms with van der Waals surface area (Å²) in [6, 6.07) is 22.0. The Morgan fingerprint density at radius 3 is 2.58 bits per heavy atom. The summed E-state index contributed by atoms with van der Waals surface area (Å²) in [6.45, 7) is 0. The number of para-hydroxylation sites is 1. The van der Waals surface area contributed by atoms with Crippen LogP contribution in [0.1, 0.15) is 10.4 Å². The zero-order valence-corrected chi connectivity index (χ0v) is 18.9. The molecule has 0 saturated heterocycles. The van der Waals surface area contributed by atoms with E-state index in [0.29, 0.717) is 22.0 Å². The Morgan fingerprint density at radius 2 is 1.81 bits per heavy atom. The molecule has 0 bridgehead atoms. The van der Waals surface area contributed by atoms with Gasteiger partial charge in [0.05, 0.1) is 26.6 Å². The number of carbonyl (C=O) groups is 2. The maximum absolute atomic E-state index is 12.5. The van der Waals surface area contributed by atoms with E-state index in [2.05, 4.69) is 10.3 Å². The van der Waals surface area contributed by atoms with Gasteiger partial charge in [0.1, 0.15) is 0 Å². The highest BCUT2D eigenvalue weighted by Crippen LogP contribution is 2.32. The fourth-order valence-electron chi connectivity index (χ4n) is 2.90. The predicted octanol–water partition coefficient (Wildman–Crippen LogP) is 5.96. The first-order chi connectivity index (χ1) is 15.0. The Labute approximate surface area is 193 Å². The van der Waals surface area contributed by atoms with Gasteiger partial charge in [-0.25, -0.2) is 4.98 Å². The monoisotopic (exact) mass is 467 g/mol. The fourth-order valence-corrected chi connectivity index (χ4v) is 5.15. The molecule has 1 N–H and O–H groups in total. The summed E-state index contributed by atoms with van der Waals surface area (Å²) in [5.41, 5.74) is 2.77. The van der Waals surface area contributed by atoms with Crippen molar-refractivity contribution in [3.8, 4) is 0 Å². The van der Waals surface area contributed by atoms with Crippen molar-refractivity contribution in [1.82, 2.24) is 4.98 Å². The minimum Gasteiger partial charge on any atom is -0.322 e. The summed E-state index contributed by atoms with van der Waals surface area (Å²) in [4.78, 5) is 31.2. The van der Waals surface area contributed by atoms with E-state index in [9.17, 15) is 9.59 Å². The Balaban J connectivity index is 1.42. The van der Waals surface area contributed by atoms with Crippen molar-refractivity contribution < 1.29 is 9.59 Å². The molecule has 0 fully saturated rings. The molecule has 156 valence electrons.